The SMILES string of the molecule is Cc1cc(N)ncc1[C@H](C)O. The van der Waals surface area contributed by atoms with Gasteiger partial charge in [-0.2, -0.15) is 0 Å². The van der Waals surface area contributed by atoms with Crippen molar-refractivity contribution < 1.29 is 5.11 Å². The van der Waals surface area contributed by atoms with Gasteiger partial charge in [0.15, 0.2) is 0 Å². The van der Waals surface area contributed by atoms with Crippen molar-refractivity contribution in [2.75, 3.05) is 5.73 Å². The van der Waals surface area contributed by atoms with E-state index in [0.29, 0.717) is 5.82 Å². The zero-order valence-corrected chi connectivity index (χ0v) is 6.70. The summed E-state index contributed by atoms with van der Waals surface area (Å²) in [5.74, 6) is 0.493. The first-order chi connectivity index (χ1) is 5.11. The third-order valence-electron chi connectivity index (χ3n) is 1.62. The molecule has 0 spiro atoms. The standard InChI is InChI=1S/C8H12N2O/c1-5-3-8(9)10-4-7(5)6(2)11/h3-4,6,11H,1-2H3,(H2,9,10)/t6-/m0/s1. The lowest BCUT2D eigenvalue weighted by Crippen LogP contribution is -1.98. The van der Waals surface area contributed by atoms with E-state index < -0.39 is 6.10 Å². The number of rotatable bonds is 1. The molecule has 0 fully saturated rings. The first-order valence-corrected chi connectivity index (χ1v) is 3.51. The highest BCUT2D eigenvalue weighted by atomic mass is 16.3. The van der Waals surface area contributed by atoms with Crippen LogP contribution in [0.2, 0.25) is 0 Å². The molecule has 0 aliphatic rings. The Kier molecular flexibility index (Phi) is 2.10. The second-order valence-corrected chi connectivity index (χ2v) is 2.64. The Morgan fingerprint density at radius 3 is 2.73 bits per heavy atom. The zero-order chi connectivity index (χ0) is 8.43. The van der Waals surface area contributed by atoms with Crippen molar-refractivity contribution in [2.45, 2.75) is 20.0 Å². The molecule has 1 aromatic rings. The van der Waals surface area contributed by atoms with E-state index in [1.54, 1.807) is 19.2 Å². The number of nitrogen functional groups attached to an aromatic ring is 1. The lowest BCUT2D eigenvalue weighted by molar-refractivity contribution is 0.198. The predicted octanol–water partition coefficient (Wildman–Crippen LogP) is 1.03. The Balaban J connectivity index is 3.09. The van der Waals surface area contributed by atoms with Crippen LogP contribution in [0.1, 0.15) is 24.2 Å². The number of hydrogen-bond donors (Lipinski definition) is 2. The van der Waals surface area contributed by atoms with Crippen LogP contribution in [0.3, 0.4) is 0 Å². The maximum Gasteiger partial charge on any atom is 0.123 e. The summed E-state index contributed by atoms with van der Waals surface area (Å²) in [6.45, 7) is 3.61. The van der Waals surface area contributed by atoms with Crippen LogP contribution in [0.25, 0.3) is 0 Å². The van der Waals surface area contributed by atoms with Crippen LogP contribution < -0.4 is 5.73 Å². The van der Waals surface area contributed by atoms with Crippen LogP contribution in [0.15, 0.2) is 12.3 Å². The topological polar surface area (TPSA) is 59.1 Å². The quantitative estimate of drug-likeness (QED) is 0.631. The second kappa shape index (κ2) is 2.88. The fourth-order valence-electron chi connectivity index (χ4n) is 1.03. The summed E-state index contributed by atoms with van der Waals surface area (Å²) in [6, 6.07) is 1.75. The molecule has 0 aromatic carbocycles. The van der Waals surface area contributed by atoms with Crippen molar-refractivity contribution in [3.8, 4) is 0 Å². The summed E-state index contributed by atoms with van der Waals surface area (Å²) in [5.41, 5.74) is 7.25. The van der Waals surface area contributed by atoms with Crippen molar-refractivity contribution in [3.05, 3.63) is 23.4 Å². The molecule has 0 radical (unpaired) electrons. The van der Waals surface area contributed by atoms with Gasteiger partial charge < -0.3 is 10.8 Å². The van der Waals surface area contributed by atoms with Gasteiger partial charge in [-0.15, -0.1) is 0 Å². The molecule has 11 heavy (non-hydrogen) atoms. The molecule has 1 rings (SSSR count). The van der Waals surface area contributed by atoms with Gasteiger partial charge in [-0.1, -0.05) is 0 Å². The Morgan fingerprint density at radius 2 is 2.27 bits per heavy atom. The van der Waals surface area contributed by atoms with Gasteiger partial charge in [-0.05, 0) is 25.5 Å². The molecular weight excluding hydrogens is 140 g/mol. The highest BCUT2D eigenvalue weighted by molar-refractivity contribution is 5.36. The zero-order valence-electron chi connectivity index (χ0n) is 6.70. The van der Waals surface area contributed by atoms with E-state index in [9.17, 15) is 5.11 Å². The Hall–Kier alpha value is -1.09. The predicted molar refractivity (Wildman–Crippen MR) is 44.0 cm³/mol. The monoisotopic (exact) mass is 152 g/mol. The number of aryl methyl sites for hydroxylation is 1. The van der Waals surface area contributed by atoms with Crippen molar-refractivity contribution in [3.63, 3.8) is 0 Å². The van der Waals surface area contributed by atoms with Crippen LogP contribution >= 0.6 is 0 Å². The lowest BCUT2D eigenvalue weighted by Gasteiger charge is -2.07. The second-order valence-electron chi connectivity index (χ2n) is 2.64. The summed E-state index contributed by atoms with van der Waals surface area (Å²) in [5, 5.41) is 9.21. The summed E-state index contributed by atoms with van der Waals surface area (Å²) in [6.07, 6.45) is 1.14. The van der Waals surface area contributed by atoms with Crippen molar-refractivity contribution in [1.82, 2.24) is 4.98 Å². The van der Waals surface area contributed by atoms with Gasteiger partial charge in [-0.25, -0.2) is 4.98 Å². The molecule has 1 heterocycles. The molecule has 0 aliphatic heterocycles. The Bertz CT molecular complexity index is 258. The fraction of sp³-hybridized carbons (Fsp3) is 0.375. The molecule has 0 aliphatic carbocycles. The number of aliphatic hydroxyl groups is 1. The molecule has 3 heteroatoms. The number of hydrogen-bond acceptors (Lipinski definition) is 3. The van der Waals surface area contributed by atoms with Crippen LogP contribution in [-0.4, -0.2) is 10.1 Å². The summed E-state index contributed by atoms with van der Waals surface area (Å²) in [4.78, 5) is 3.88. The van der Waals surface area contributed by atoms with E-state index in [-0.39, 0.29) is 0 Å². The molecule has 0 saturated carbocycles. The number of anilines is 1. The number of nitrogens with zero attached hydrogens (tertiary/aromatic N) is 1. The lowest BCUT2D eigenvalue weighted by atomic mass is 10.1. The number of nitrogens with two attached hydrogens (primary N) is 1. The highest BCUT2D eigenvalue weighted by Crippen LogP contribution is 2.16. The number of pyridine rings is 1. The summed E-state index contributed by atoms with van der Waals surface area (Å²) < 4.78 is 0. The van der Waals surface area contributed by atoms with Gasteiger partial charge in [0.2, 0.25) is 0 Å². The van der Waals surface area contributed by atoms with Crippen LogP contribution in [0.4, 0.5) is 5.82 Å². The van der Waals surface area contributed by atoms with Crippen molar-refractivity contribution in [2.24, 2.45) is 0 Å². The fourth-order valence-corrected chi connectivity index (χ4v) is 1.03. The Labute approximate surface area is 65.9 Å². The van der Waals surface area contributed by atoms with Gasteiger partial charge >= 0.3 is 0 Å². The van der Waals surface area contributed by atoms with E-state index in [4.69, 9.17) is 5.73 Å². The van der Waals surface area contributed by atoms with Gasteiger partial charge in [0, 0.05) is 11.8 Å². The minimum atomic E-state index is -0.469. The highest BCUT2D eigenvalue weighted by Gasteiger charge is 2.04. The first kappa shape index (κ1) is 8.01. The molecule has 1 aromatic heterocycles. The number of aromatic nitrogens is 1. The van der Waals surface area contributed by atoms with Gasteiger partial charge in [0.25, 0.3) is 0 Å². The van der Waals surface area contributed by atoms with E-state index in [2.05, 4.69) is 4.98 Å². The first-order valence-electron chi connectivity index (χ1n) is 3.51. The van der Waals surface area contributed by atoms with Gasteiger partial charge in [0.05, 0.1) is 6.10 Å². The Morgan fingerprint density at radius 1 is 1.64 bits per heavy atom. The van der Waals surface area contributed by atoms with Gasteiger partial charge in [0.1, 0.15) is 5.82 Å². The average Bonchev–Trinajstić information content (AvgIpc) is 1.85. The molecule has 0 unspecified atom stereocenters. The van der Waals surface area contributed by atoms with E-state index in [0.717, 1.165) is 11.1 Å². The molecule has 3 N–H and O–H groups in total. The van der Waals surface area contributed by atoms with Gasteiger partial charge in [-0.3, -0.25) is 0 Å². The third kappa shape index (κ3) is 1.68. The average molecular weight is 152 g/mol. The molecule has 0 bridgehead atoms. The molecular formula is C8H12N2O. The van der Waals surface area contributed by atoms with Crippen molar-refractivity contribution >= 4 is 5.82 Å². The van der Waals surface area contributed by atoms with Crippen LogP contribution in [0.5, 0.6) is 0 Å². The molecule has 0 amide bonds. The summed E-state index contributed by atoms with van der Waals surface area (Å²) >= 11 is 0. The van der Waals surface area contributed by atoms with E-state index in [1.165, 1.54) is 0 Å². The summed E-state index contributed by atoms with van der Waals surface area (Å²) in [7, 11) is 0. The van der Waals surface area contributed by atoms with Crippen molar-refractivity contribution in [1.29, 1.82) is 0 Å². The smallest absolute Gasteiger partial charge is 0.123 e. The minimum absolute atomic E-state index is 0.469. The van der Waals surface area contributed by atoms with E-state index >= 15 is 0 Å². The largest absolute Gasteiger partial charge is 0.389 e. The van der Waals surface area contributed by atoms with Crippen LogP contribution in [0, 0.1) is 6.92 Å². The maximum atomic E-state index is 9.21. The molecule has 60 valence electrons. The normalized spacial score (nSPS) is 13.0. The third-order valence-corrected chi connectivity index (χ3v) is 1.62. The molecule has 1 atom stereocenters. The van der Waals surface area contributed by atoms with E-state index in [1.807, 2.05) is 6.92 Å². The molecule has 3 nitrogen and oxygen atoms in total. The minimum Gasteiger partial charge on any atom is -0.389 e. The molecule has 0 saturated heterocycles. The van der Waals surface area contributed by atoms with Crippen LogP contribution in [-0.2, 0) is 0 Å². The maximum absolute atomic E-state index is 9.21. The number of aliphatic hydroxyl groups excluding tert-OH is 1.